The first-order valence-electron chi connectivity index (χ1n) is 7.89. The summed E-state index contributed by atoms with van der Waals surface area (Å²) in [6.07, 6.45) is 3.83. The minimum absolute atomic E-state index is 0.141. The van der Waals surface area contributed by atoms with Crippen LogP contribution >= 0.6 is 0 Å². The van der Waals surface area contributed by atoms with Crippen LogP contribution in [0.4, 0.5) is 10.1 Å². The number of aryl methyl sites for hydroxylation is 1. The molecule has 1 fully saturated rings. The molecule has 0 N–H and O–H groups in total. The van der Waals surface area contributed by atoms with E-state index >= 15 is 0 Å². The van der Waals surface area contributed by atoms with Crippen molar-refractivity contribution in [3.05, 3.63) is 47.8 Å². The van der Waals surface area contributed by atoms with Crippen molar-refractivity contribution in [2.24, 2.45) is 0 Å². The number of hydrogen-bond acceptors (Lipinski definition) is 4. The number of nitriles is 1. The van der Waals surface area contributed by atoms with Crippen molar-refractivity contribution in [3.8, 4) is 6.07 Å². The SMILES string of the molecule is CCn1ccnc1CN1CCN(c2cccc(F)c2C#N)CC1. The van der Waals surface area contributed by atoms with E-state index in [1.807, 2.05) is 24.5 Å². The molecule has 1 aliphatic rings. The Hall–Kier alpha value is -2.39. The van der Waals surface area contributed by atoms with Crippen LogP contribution in [0.25, 0.3) is 0 Å². The predicted octanol–water partition coefficient (Wildman–Crippen LogP) is 2.24. The van der Waals surface area contributed by atoms with E-state index in [0.29, 0.717) is 5.69 Å². The first-order chi connectivity index (χ1) is 11.2. The van der Waals surface area contributed by atoms with Crippen molar-refractivity contribution in [1.82, 2.24) is 14.5 Å². The van der Waals surface area contributed by atoms with Crippen LogP contribution in [0.3, 0.4) is 0 Å². The average molecular weight is 313 g/mol. The van der Waals surface area contributed by atoms with E-state index in [4.69, 9.17) is 0 Å². The zero-order valence-electron chi connectivity index (χ0n) is 13.2. The van der Waals surface area contributed by atoms with Gasteiger partial charge in [-0.05, 0) is 19.1 Å². The van der Waals surface area contributed by atoms with Crippen LogP contribution in [-0.4, -0.2) is 40.6 Å². The number of halogens is 1. The first-order valence-corrected chi connectivity index (χ1v) is 7.89. The van der Waals surface area contributed by atoms with E-state index in [2.05, 4.69) is 26.3 Å². The number of piperazine rings is 1. The number of imidazole rings is 1. The van der Waals surface area contributed by atoms with E-state index < -0.39 is 5.82 Å². The van der Waals surface area contributed by atoms with E-state index in [0.717, 1.165) is 45.1 Å². The molecule has 0 radical (unpaired) electrons. The van der Waals surface area contributed by atoms with Crippen molar-refractivity contribution < 1.29 is 4.39 Å². The second kappa shape index (κ2) is 6.80. The zero-order chi connectivity index (χ0) is 16.2. The Morgan fingerprint density at radius 1 is 1.26 bits per heavy atom. The lowest BCUT2D eigenvalue weighted by molar-refractivity contribution is 0.241. The molecule has 0 amide bonds. The molecular formula is C17H20FN5. The quantitative estimate of drug-likeness (QED) is 0.868. The number of rotatable bonds is 4. The molecule has 1 aromatic carbocycles. The molecule has 0 aliphatic carbocycles. The van der Waals surface area contributed by atoms with Gasteiger partial charge in [0, 0.05) is 45.1 Å². The second-order valence-electron chi connectivity index (χ2n) is 5.64. The van der Waals surface area contributed by atoms with Gasteiger partial charge in [0.25, 0.3) is 0 Å². The largest absolute Gasteiger partial charge is 0.368 e. The van der Waals surface area contributed by atoms with Gasteiger partial charge in [0.2, 0.25) is 0 Å². The summed E-state index contributed by atoms with van der Waals surface area (Å²) in [6.45, 7) is 7.16. The molecule has 120 valence electrons. The number of hydrogen-bond donors (Lipinski definition) is 0. The van der Waals surface area contributed by atoms with Gasteiger partial charge in [0.1, 0.15) is 23.3 Å². The Morgan fingerprint density at radius 2 is 2.04 bits per heavy atom. The summed E-state index contributed by atoms with van der Waals surface area (Å²) in [6, 6.07) is 6.80. The summed E-state index contributed by atoms with van der Waals surface area (Å²) >= 11 is 0. The van der Waals surface area contributed by atoms with Crippen LogP contribution in [0.2, 0.25) is 0 Å². The van der Waals surface area contributed by atoms with Crippen LogP contribution in [0, 0.1) is 17.1 Å². The minimum atomic E-state index is -0.447. The molecule has 6 heteroatoms. The summed E-state index contributed by atoms with van der Waals surface area (Å²) in [4.78, 5) is 8.84. The monoisotopic (exact) mass is 313 g/mol. The highest BCUT2D eigenvalue weighted by molar-refractivity contribution is 5.60. The highest BCUT2D eigenvalue weighted by Crippen LogP contribution is 2.24. The standard InChI is InChI=1S/C17H20FN5/c1-2-22-7-6-20-17(22)13-21-8-10-23(11-9-21)16-5-3-4-15(18)14(16)12-19/h3-7H,2,8-11,13H2,1H3. The molecule has 0 atom stereocenters. The number of aromatic nitrogens is 2. The third-order valence-corrected chi connectivity index (χ3v) is 4.32. The molecule has 1 saturated heterocycles. The van der Waals surface area contributed by atoms with Crippen LogP contribution in [-0.2, 0) is 13.1 Å². The van der Waals surface area contributed by atoms with Gasteiger partial charge in [-0.1, -0.05) is 6.07 Å². The van der Waals surface area contributed by atoms with E-state index in [-0.39, 0.29) is 5.56 Å². The highest BCUT2D eigenvalue weighted by Gasteiger charge is 2.21. The van der Waals surface area contributed by atoms with Crippen molar-refractivity contribution in [2.75, 3.05) is 31.1 Å². The summed E-state index contributed by atoms with van der Waals surface area (Å²) in [5.74, 6) is 0.627. The highest BCUT2D eigenvalue weighted by atomic mass is 19.1. The average Bonchev–Trinajstić information content (AvgIpc) is 3.02. The van der Waals surface area contributed by atoms with Crippen LogP contribution in [0.5, 0.6) is 0 Å². The van der Waals surface area contributed by atoms with Crippen LogP contribution < -0.4 is 4.90 Å². The maximum atomic E-state index is 13.7. The fraction of sp³-hybridized carbons (Fsp3) is 0.412. The minimum Gasteiger partial charge on any atom is -0.368 e. The molecule has 0 bridgehead atoms. The van der Waals surface area contributed by atoms with Gasteiger partial charge in [0.15, 0.2) is 0 Å². The molecular weight excluding hydrogens is 293 g/mol. The zero-order valence-corrected chi connectivity index (χ0v) is 13.2. The summed E-state index contributed by atoms with van der Waals surface area (Å²) in [5, 5.41) is 9.17. The van der Waals surface area contributed by atoms with Gasteiger partial charge in [-0.25, -0.2) is 9.37 Å². The fourth-order valence-electron chi connectivity index (χ4n) is 3.01. The Labute approximate surface area is 135 Å². The maximum absolute atomic E-state index is 13.7. The smallest absolute Gasteiger partial charge is 0.143 e. The van der Waals surface area contributed by atoms with Gasteiger partial charge in [-0.15, -0.1) is 0 Å². The van der Waals surface area contributed by atoms with Gasteiger partial charge in [0.05, 0.1) is 12.2 Å². The van der Waals surface area contributed by atoms with E-state index in [1.54, 1.807) is 6.07 Å². The Balaban J connectivity index is 1.65. The predicted molar refractivity (Wildman–Crippen MR) is 86.5 cm³/mol. The molecule has 0 spiro atoms. The third-order valence-electron chi connectivity index (χ3n) is 4.32. The molecule has 2 aromatic rings. The second-order valence-corrected chi connectivity index (χ2v) is 5.64. The summed E-state index contributed by atoms with van der Waals surface area (Å²) < 4.78 is 15.9. The lowest BCUT2D eigenvalue weighted by Crippen LogP contribution is -2.46. The van der Waals surface area contributed by atoms with E-state index in [9.17, 15) is 9.65 Å². The van der Waals surface area contributed by atoms with Crippen LogP contribution in [0.1, 0.15) is 18.3 Å². The number of anilines is 1. The van der Waals surface area contributed by atoms with Gasteiger partial charge < -0.3 is 9.47 Å². The summed E-state index contributed by atoms with van der Waals surface area (Å²) in [5.41, 5.74) is 0.838. The summed E-state index contributed by atoms with van der Waals surface area (Å²) in [7, 11) is 0. The molecule has 5 nitrogen and oxygen atoms in total. The number of benzene rings is 1. The van der Waals surface area contributed by atoms with Crippen molar-refractivity contribution >= 4 is 5.69 Å². The van der Waals surface area contributed by atoms with Gasteiger partial charge >= 0.3 is 0 Å². The normalized spacial score (nSPS) is 15.6. The molecule has 1 aliphatic heterocycles. The van der Waals surface area contributed by atoms with Crippen molar-refractivity contribution in [1.29, 1.82) is 5.26 Å². The Kier molecular flexibility index (Phi) is 4.58. The molecule has 0 unspecified atom stereocenters. The van der Waals surface area contributed by atoms with Crippen molar-refractivity contribution in [2.45, 2.75) is 20.0 Å². The maximum Gasteiger partial charge on any atom is 0.143 e. The molecule has 2 heterocycles. The lowest BCUT2D eigenvalue weighted by Gasteiger charge is -2.36. The number of nitrogens with zero attached hydrogens (tertiary/aromatic N) is 5. The third kappa shape index (κ3) is 3.20. The fourth-order valence-corrected chi connectivity index (χ4v) is 3.01. The van der Waals surface area contributed by atoms with Gasteiger partial charge in [-0.2, -0.15) is 5.26 Å². The van der Waals surface area contributed by atoms with E-state index in [1.165, 1.54) is 6.07 Å². The lowest BCUT2D eigenvalue weighted by atomic mass is 10.1. The topological polar surface area (TPSA) is 48.1 Å². The first kappa shape index (κ1) is 15.5. The molecule has 0 saturated carbocycles. The molecule has 23 heavy (non-hydrogen) atoms. The molecule has 1 aromatic heterocycles. The van der Waals surface area contributed by atoms with Crippen LogP contribution in [0.15, 0.2) is 30.6 Å². The van der Waals surface area contributed by atoms with Crippen molar-refractivity contribution in [3.63, 3.8) is 0 Å². The molecule has 3 rings (SSSR count). The Bertz CT molecular complexity index is 710. The Morgan fingerprint density at radius 3 is 2.74 bits per heavy atom. The van der Waals surface area contributed by atoms with Gasteiger partial charge in [-0.3, -0.25) is 4.90 Å².